The smallest absolute Gasteiger partial charge is 0.286 e. The number of benzene rings is 1. The number of pyridine rings is 1. The molecule has 1 N–H and O–H groups in total. The third-order valence-electron chi connectivity index (χ3n) is 4.63. The summed E-state index contributed by atoms with van der Waals surface area (Å²) in [6.45, 7) is 3.30. The lowest BCUT2D eigenvalue weighted by atomic mass is 10.2. The van der Waals surface area contributed by atoms with Gasteiger partial charge in [0.25, 0.3) is 10.0 Å². The number of hydrogen-bond acceptors (Lipinski definition) is 7. The number of anilines is 2. The first-order chi connectivity index (χ1) is 13.1. The number of amidine groups is 1. The molecule has 1 fully saturated rings. The lowest BCUT2D eigenvalue weighted by Gasteiger charge is -2.36. The van der Waals surface area contributed by atoms with Crippen LogP contribution in [0.2, 0.25) is 0 Å². The van der Waals surface area contributed by atoms with Crippen molar-refractivity contribution < 1.29 is 8.42 Å². The fourth-order valence-electron chi connectivity index (χ4n) is 3.30. The topological polar surface area (TPSA) is 102 Å². The Kier molecular flexibility index (Phi) is 4.51. The number of rotatable bonds is 3. The quantitative estimate of drug-likeness (QED) is 0.853. The molecule has 0 bridgehead atoms. The van der Waals surface area contributed by atoms with Crippen molar-refractivity contribution >= 4 is 27.4 Å². The largest absolute Gasteiger partial charge is 0.353 e. The average Bonchev–Trinajstić information content (AvgIpc) is 2.68. The van der Waals surface area contributed by atoms with Crippen molar-refractivity contribution in [3.63, 3.8) is 0 Å². The van der Waals surface area contributed by atoms with E-state index in [1.54, 1.807) is 42.6 Å². The zero-order valence-electron chi connectivity index (χ0n) is 14.5. The Labute approximate surface area is 157 Å². The van der Waals surface area contributed by atoms with E-state index in [0.29, 0.717) is 42.5 Å². The Bertz CT molecular complexity index is 1040. The molecule has 2 aliphatic rings. The van der Waals surface area contributed by atoms with Crippen molar-refractivity contribution in [3.8, 4) is 6.07 Å². The van der Waals surface area contributed by atoms with Crippen LogP contribution in [0.5, 0.6) is 0 Å². The van der Waals surface area contributed by atoms with Crippen molar-refractivity contribution in [2.24, 2.45) is 4.40 Å². The molecule has 1 saturated heterocycles. The van der Waals surface area contributed by atoms with Gasteiger partial charge in [-0.1, -0.05) is 12.1 Å². The third kappa shape index (κ3) is 3.49. The summed E-state index contributed by atoms with van der Waals surface area (Å²) in [6.07, 6.45) is 1.69. The second-order valence-corrected chi connectivity index (χ2v) is 7.96. The molecule has 4 rings (SSSR count). The predicted octanol–water partition coefficient (Wildman–Crippen LogP) is 1.29. The standard InChI is InChI=1S/C18H18N6O2S/c19-12-14-4-3-7-20-18(14)24-10-8-23(9-11-24)13-17-21-15-5-1-2-6-16(15)27(25,26)22-17/h1-7H,8-11,13H2,(H,21,22). The van der Waals surface area contributed by atoms with Crippen molar-refractivity contribution in [1.82, 2.24) is 9.88 Å². The van der Waals surface area contributed by atoms with E-state index in [-0.39, 0.29) is 4.90 Å². The Hall–Kier alpha value is -2.96. The Balaban J connectivity index is 1.43. The van der Waals surface area contributed by atoms with Gasteiger partial charge in [0.05, 0.1) is 17.8 Å². The molecule has 0 spiro atoms. The highest BCUT2D eigenvalue weighted by molar-refractivity contribution is 7.90. The summed E-state index contributed by atoms with van der Waals surface area (Å²) in [5, 5.41) is 12.4. The van der Waals surface area contributed by atoms with Gasteiger partial charge in [0, 0.05) is 32.4 Å². The third-order valence-corrected chi connectivity index (χ3v) is 6.00. The zero-order chi connectivity index (χ0) is 18.9. The Morgan fingerprint density at radius 3 is 2.67 bits per heavy atom. The molecule has 2 aromatic rings. The monoisotopic (exact) mass is 382 g/mol. The van der Waals surface area contributed by atoms with Gasteiger partial charge in [-0.05, 0) is 24.3 Å². The molecule has 0 amide bonds. The molecule has 1 aromatic carbocycles. The van der Waals surface area contributed by atoms with Crippen LogP contribution in [-0.4, -0.2) is 56.9 Å². The molecule has 138 valence electrons. The highest BCUT2D eigenvalue weighted by atomic mass is 32.2. The molecule has 0 saturated carbocycles. The van der Waals surface area contributed by atoms with Gasteiger partial charge in [0.15, 0.2) is 0 Å². The van der Waals surface area contributed by atoms with Crippen LogP contribution in [0, 0.1) is 11.3 Å². The minimum absolute atomic E-state index is 0.206. The average molecular weight is 382 g/mol. The van der Waals surface area contributed by atoms with E-state index in [2.05, 4.69) is 30.6 Å². The number of fused-ring (bicyclic) bond motifs is 1. The first kappa shape index (κ1) is 17.5. The number of nitriles is 1. The number of piperazine rings is 1. The maximum atomic E-state index is 12.3. The van der Waals surface area contributed by atoms with Gasteiger partial charge >= 0.3 is 0 Å². The van der Waals surface area contributed by atoms with Crippen LogP contribution in [0.1, 0.15) is 5.56 Å². The summed E-state index contributed by atoms with van der Waals surface area (Å²) >= 11 is 0. The highest BCUT2D eigenvalue weighted by Crippen LogP contribution is 2.27. The first-order valence-corrected chi connectivity index (χ1v) is 10.0. The Morgan fingerprint density at radius 1 is 1.11 bits per heavy atom. The molecule has 2 aliphatic heterocycles. The fraction of sp³-hybridized carbons (Fsp3) is 0.278. The zero-order valence-corrected chi connectivity index (χ0v) is 15.4. The van der Waals surface area contributed by atoms with Gasteiger partial charge in [-0.3, -0.25) is 4.90 Å². The number of nitrogens with one attached hydrogen (secondary N) is 1. The molecule has 9 heteroatoms. The van der Waals surface area contributed by atoms with Crippen LogP contribution < -0.4 is 10.2 Å². The molecular weight excluding hydrogens is 364 g/mol. The van der Waals surface area contributed by atoms with E-state index >= 15 is 0 Å². The molecule has 27 heavy (non-hydrogen) atoms. The van der Waals surface area contributed by atoms with E-state index in [1.165, 1.54) is 0 Å². The van der Waals surface area contributed by atoms with Gasteiger partial charge in [-0.15, -0.1) is 4.40 Å². The first-order valence-electron chi connectivity index (χ1n) is 8.59. The van der Waals surface area contributed by atoms with Gasteiger partial charge in [0.1, 0.15) is 22.6 Å². The van der Waals surface area contributed by atoms with Gasteiger partial charge in [0.2, 0.25) is 0 Å². The molecule has 0 atom stereocenters. The second-order valence-electron chi connectivity index (χ2n) is 6.38. The predicted molar refractivity (Wildman–Crippen MR) is 102 cm³/mol. The fourth-order valence-corrected chi connectivity index (χ4v) is 4.44. The maximum absolute atomic E-state index is 12.3. The number of hydrogen-bond donors (Lipinski definition) is 1. The van der Waals surface area contributed by atoms with E-state index in [9.17, 15) is 13.7 Å². The molecular formula is C18H18N6O2S. The molecule has 8 nitrogen and oxygen atoms in total. The van der Waals surface area contributed by atoms with E-state index < -0.39 is 10.0 Å². The maximum Gasteiger partial charge on any atom is 0.286 e. The van der Waals surface area contributed by atoms with E-state index in [4.69, 9.17) is 0 Å². The lowest BCUT2D eigenvalue weighted by molar-refractivity contribution is 0.291. The van der Waals surface area contributed by atoms with Crippen LogP contribution in [0.4, 0.5) is 11.5 Å². The summed E-state index contributed by atoms with van der Waals surface area (Å²) in [7, 11) is -3.66. The second kappa shape index (κ2) is 6.98. The van der Waals surface area contributed by atoms with Crippen molar-refractivity contribution in [1.29, 1.82) is 5.26 Å². The molecule has 3 heterocycles. The number of sulfonamides is 1. The minimum atomic E-state index is -3.66. The summed E-state index contributed by atoms with van der Waals surface area (Å²) in [4.78, 5) is 8.75. The number of nitrogens with zero attached hydrogens (tertiary/aromatic N) is 5. The van der Waals surface area contributed by atoms with Crippen molar-refractivity contribution in [3.05, 3.63) is 48.2 Å². The normalized spacial score (nSPS) is 18.8. The van der Waals surface area contributed by atoms with Crippen LogP contribution in [-0.2, 0) is 10.0 Å². The molecule has 1 aromatic heterocycles. The number of para-hydroxylation sites is 1. The van der Waals surface area contributed by atoms with E-state index in [0.717, 1.165) is 13.1 Å². The van der Waals surface area contributed by atoms with Crippen molar-refractivity contribution in [2.75, 3.05) is 42.9 Å². The highest BCUT2D eigenvalue weighted by Gasteiger charge is 2.27. The summed E-state index contributed by atoms with van der Waals surface area (Å²) < 4.78 is 28.6. The van der Waals surface area contributed by atoms with E-state index in [1.807, 2.05) is 0 Å². The van der Waals surface area contributed by atoms with Gasteiger partial charge in [-0.25, -0.2) is 4.98 Å². The lowest BCUT2D eigenvalue weighted by Crippen LogP contribution is -2.49. The molecule has 0 radical (unpaired) electrons. The van der Waals surface area contributed by atoms with Crippen LogP contribution in [0.15, 0.2) is 51.9 Å². The van der Waals surface area contributed by atoms with Crippen molar-refractivity contribution in [2.45, 2.75) is 4.90 Å². The molecule has 0 unspecified atom stereocenters. The van der Waals surface area contributed by atoms with Crippen LogP contribution >= 0.6 is 0 Å². The van der Waals surface area contributed by atoms with Gasteiger partial charge in [-0.2, -0.15) is 13.7 Å². The van der Waals surface area contributed by atoms with Crippen LogP contribution in [0.3, 0.4) is 0 Å². The summed E-state index contributed by atoms with van der Waals surface area (Å²) in [6, 6.07) is 12.5. The number of aromatic nitrogens is 1. The minimum Gasteiger partial charge on any atom is -0.353 e. The summed E-state index contributed by atoms with van der Waals surface area (Å²) in [5.74, 6) is 1.13. The SMILES string of the molecule is N#Cc1cccnc1N1CCN(CC2=NS(=O)(=O)c3ccccc3N2)CC1. The summed E-state index contributed by atoms with van der Waals surface area (Å²) in [5.41, 5.74) is 1.13. The van der Waals surface area contributed by atoms with Gasteiger partial charge < -0.3 is 10.2 Å². The Morgan fingerprint density at radius 2 is 1.89 bits per heavy atom. The van der Waals surface area contributed by atoms with Crippen LogP contribution in [0.25, 0.3) is 0 Å². The molecule has 0 aliphatic carbocycles.